The third-order valence-electron chi connectivity index (χ3n) is 3.40. The van der Waals surface area contributed by atoms with E-state index in [4.69, 9.17) is 16.3 Å². The van der Waals surface area contributed by atoms with Crippen LogP contribution in [-0.2, 0) is 14.9 Å². The predicted molar refractivity (Wildman–Crippen MR) is 83.5 cm³/mol. The Morgan fingerprint density at radius 1 is 1.33 bits per heavy atom. The van der Waals surface area contributed by atoms with Gasteiger partial charge in [-0.2, -0.15) is 17.4 Å². The van der Waals surface area contributed by atoms with Gasteiger partial charge in [-0.3, -0.25) is 0 Å². The maximum absolute atomic E-state index is 12.5. The number of benzene rings is 1. The molecule has 1 fully saturated rings. The van der Waals surface area contributed by atoms with Crippen molar-refractivity contribution in [3.8, 4) is 0 Å². The normalized spacial score (nSPS) is 25.7. The Balaban J connectivity index is 2.10. The van der Waals surface area contributed by atoms with Gasteiger partial charge < -0.3 is 4.74 Å². The minimum atomic E-state index is -3.55. The molecule has 0 aromatic heterocycles. The lowest BCUT2D eigenvalue weighted by Gasteiger charge is -2.35. The molecule has 118 valence electrons. The summed E-state index contributed by atoms with van der Waals surface area (Å²) < 4.78 is 34.6. The Hall–Kier alpha value is -0.660. The van der Waals surface area contributed by atoms with E-state index >= 15 is 0 Å². The predicted octanol–water partition coefficient (Wildman–Crippen LogP) is 2.34. The molecule has 0 amide bonds. The molecule has 3 atom stereocenters. The van der Waals surface area contributed by atoms with Crippen LogP contribution in [0.15, 0.2) is 24.3 Å². The summed E-state index contributed by atoms with van der Waals surface area (Å²) in [5.74, 6) is 0. The van der Waals surface area contributed by atoms with Crippen molar-refractivity contribution in [2.24, 2.45) is 0 Å². The number of ether oxygens (including phenoxy) is 1. The Kier molecular flexibility index (Phi) is 5.27. The minimum absolute atomic E-state index is 0.105. The summed E-state index contributed by atoms with van der Waals surface area (Å²) in [4.78, 5) is 0. The topological polar surface area (TPSA) is 58.6 Å². The van der Waals surface area contributed by atoms with E-state index in [0.29, 0.717) is 18.1 Å². The summed E-state index contributed by atoms with van der Waals surface area (Å²) in [6.07, 6.45) is -0.210. The van der Waals surface area contributed by atoms with Gasteiger partial charge >= 0.3 is 0 Å². The largest absolute Gasteiger partial charge is 0.373 e. The van der Waals surface area contributed by atoms with Crippen molar-refractivity contribution >= 4 is 21.8 Å². The fraction of sp³-hybridized carbons (Fsp3) is 0.571. The molecule has 2 rings (SSSR count). The Labute approximate surface area is 131 Å². The van der Waals surface area contributed by atoms with E-state index in [9.17, 15) is 8.42 Å². The lowest BCUT2D eigenvalue weighted by Crippen LogP contribution is -2.52. The van der Waals surface area contributed by atoms with Gasteiger partial charge in [-0.15, -0.1) is 0 Å². The average Bonchev–Trinajstić information content (AvgIpc) is 2.37. The van der Waals surface area contributed by atoms with E-state index in [1.807, 2.05) is 19.9 Å². The smallest absolute Gasteiger partial charge is 0.280 e. The van der Waals surface area contributed by atoms with Crippen LogP contribution in [0.2, 0.25) is 5.02 Å². The van der Waals surface area contributed by atoms with Crippen molar-refractivity contribution in [2.45, 2.75) is 39.0 Å². The van der Waals surface area contributed by atoms with Crippen molar-refractivity contribution in [3.05, 3.63) is 34.9 Å². The van der Waals surface area contributed by atoms with E-state index in [1.54, 1.807) is 25.1 Å². The molecule has 0 radical (unpaired) electrons. The molecule has 5 nitrogen and oxygen atoms in total. The molecule has 21 heavy (non-hydrogen) atoms. The van der Waals surface area contributed by atoms with Crippen molar-refractivity contribution < 1.29 is 13.2 Å². The summed E-state index contributed by atoms with van der Waals surface area (Å²) in [6, 6.07) is 6.84. The second-order valence-corrected chi connectivity index (χ2v) is 7.61. The van der Waals surface area contributed by atoms with Gasteiger partial charge in [0.05, 0.1) is 12.2 Å². The summed E-state index contributed by atoms with van der Waals surface area (Å²) >= 11 is 5.94. The minimum Gasteiger partial charge on any atom is -0.373 e. The maximum Gasteiger partial charge on any atom is 0.280 e. The summed E-state index contributed by atoms with van der Waals surface area (Å²) in [5, 5.41) is 0.590. The first-order valence-electron chi connectivity index (χ1n) is 6.96. The van der Waals surface area contributed by atoms with Crippen LogP contribution < -0.4 is 4.72 Å². The quantitative estimate of drug-likeness (QED) is 0.920. The molecule has 1 aliphatic rings. The zero-order chi connectivity index (χ0) is 15.6. The van der Waals surface area contributed by atoms with Gasteiger partial charge in [-0.25, -0.2) is 0 Å². The summed E-state index contributed by atoms with van der Waals surface area (Å²) in [6.45, 7) is 6.28. The zero-order valence-corrected chi connectivity index (χ0v) is 14.0. The van der Waals surface area contributed by atoms with E-state index in [1.165, 1.54) is 4.31 Å². The molecule has 1 aliphatic heterocycles. The third-order valence-corrected chi connectivity index (χ3v) is 5.26. The SMILES string of the molecule is CC1CN(S(=O)(=O)NC(C)c2cccc(Cl)c2)CC(C)O1. The van der Waals surface area contributed by atoms with Gasteiger partial charge in [0.1, 0.15) is 0 Å². The molecule has 1 N–H and O–H groups in total. The Bertz CT molecular complexity index is 584. The van der Waals surface area contributed by atoms with E-state index < -0.39 is 10.2 Å². The highest BCUT2D eigenvalue weighted by atomic mass is 35.5. The number of morpholine rings is 1. The molecule has 1 aromatic rings. The molecule has 1 heterocycles. The Morgan fingerprint density at radius 3 is 2.52 bits per heavy atom. The standard InChI is InChI=1S/C14H21ClN2O3S/c1-10-8-17(9-11(2)20-10)21(18,19)16-12(3)13-5-4-6-14(15)7-13/h4-7,10-12,16H,8-9H2,1-3H3. The van der Waals surface area contributed by atoms with Crippen LogP contribution in [-0.4, -0.2) is 38.0 Å². The number of halogens is 1. The zero-order valence-electron chi connectivity index (χ0n) is 12.4. The first kappa shape index (κ1) is 16.7. The van der Waals surface area contributed by atoms with Gasteiger partial charge in [-0.05, 0) is 38.5 Å². The van der Waals surface area contributed by atoms with Crippen LogP contribution in [0.1, 0.15) is 32.4 Å². The fourth-order valence-corrected chi connectivity index (χ4v) is 4.21. The van der Waals surface area contributed by atoms with Crippen molar-refractivity contribution in [2.75, 3.05) is 13.1 Å². The van der Waals surface area contributed by atoms with Crippen LogP contribution in [0.25, 0.3) is 0 Å². The monoisotopic (exact) mass is 332 g/mol. The van der Waals surface area contributed by atoms with Crippen LogP contribution >= 0.6 is 11.6 Å². The summed E-state index contributed by atoms with van der Waals surface area (Å²) in [7, 11) is -3.55. The molecular weight excluding hydrogens is 312 g/mol. The molecule has 0 spiro atoms. The summed E-state index contributed by atoms with van der Waals surface area (Å²) in [5.41, 5.74) is 0.834. The highest BCUT2D eigenvalue weighted by Crippen LogP contribution is 2.20. The van der Waals surface area contributed by atoms with E-state index in [0.717, 1.165) is 5.56 Å². The van der Waals surface area contributed by atoms with Crippen molar-refractivity contribution in [1.82, 2.24) is 9.03 Å². The van der Waals surface area contributed by atoms with Gasteiger partial charge in [0.15, 0.2) is 0 Å². The van der Waals surface area contributed by atoms with Crippen LogP contribution in [0.5, 0.6) is 0 Å². The molecule has 3 unspecified atom stereocenters. The molecule has 1 aromatic carbocycles. The fourth-order valence-electron chi connectivity index (χ4n) is 2.47. The lowest BCUT2D eigenvalue weighted by atomic mass is 10.1. The molecule has 0 aliphatic carbocycles. The van der Waals surface area contributed by atoms with Crippen molar-refractivity contribution in [3.63, 3.8) is 0 Å². The number of hydrogen-bond donors (Lipinski definition) is 1. The number of hydrogen-bond acceptors (Lipinski definition) is 3. The molecule has 0 bridgehead atoms. The number of nitrogens with one attached hydrogen (secondary N) is 1. The van der Waals surface area contributed by atoms with E-state index in [2.05, 4.69) is 4.72 Å². The highest BCUT2D eigenvalue weighted by molar-refractivity contribution is 7.87. The second-order valence-electron chi connectivity index (χ2n) is 5.47. The molecule has 0 saturated carbocycles. The van der Waals surface area contributed by atoms with E-state index in [-0.39, 0.29) is 18.2 Å². The third kappa shape index (κ3) is 4.40. The number of rotatable bonds is 4. The molecular formula is C14H21ClN2O3S. The van der Waals surface area contributed by atoms with Gasteiger partial charge in [0.25, 0.3) is 10.2 Å². The van der Waals surface area contributed by atoms with Gasteiger partial charge in [0.2, 0.25) is 0 Å². The van der Waals surface area contributed by atoms with Crippen LogP contribution in [0.3, 0.4) is 0 Å². The molecule has 7 heteroatoms. The first-order valence-corrected chi connectivity index (χ1v) is 8.78. The highest BCUT2D eigenvalue weighted by Gasteiger charge is 2.31. The first-order chi connectivity index (χ1) is 9.78. The van der Waals surface area contributed by atoms with Crippen molar-refractivity contribution in [1.29, 1.82) is 0 Å². The van der Waals surface area contributed by atoms with Gasteiger partial charge in [0, 0.05) is 24.2 Å². The van der Waals surface area contributed by atoms with Gasteiger partial charge in [-0.1, -0.05) is 23.7 Å². The van der Waals surface area contributed by atoms with Crippen LogP contribution in [0.4, 0.5) is 0 Å². The second kappa shape index (κ2) is 6.62. The lowest BCUT2D eigenvalue weighted by molar-refractivity contribution is -0.0444. The Morgan fingerprint density at radius 2 is 1.95 bits per heavy atom. The number of nitrogens with zero attached hydrogens (tertiary/aromatic N) is 1. The maximum atomic E-state index is 12.5. The van der Waals surface area contributed by atoms with Crippen LogP contribution in [0, 0.1) is 0 Å². The average molecular weight is 333 g/mol. The molecule has 1 saturated heterocycles.